The van der Waals surface area contributed by atoms with Gasteiger partial charge in [0.15, 0.2) is 5.03 Å². The summed E-state index contributed by atoms with van der Waals surface area (Å²) in [5.41, 5.74) is -0.604. The summed E-state index contributed by atoms with van der Waals surface area (Å²) in [7, 11) is -4.31. The van der Waals surface area contributed by atoms with Gasteiger partial charge >= 0.3 is 12.1 Å². The Balaban J connectivity index is 1.96. The fourth-order valence-electron chi connectivity index (χ4n) is 3.73. The van der Waals surface area contributed by atoms with Crippen molar-refractivity contribution in [1.82, 2.24) is 9.97 Å². The first kappa shape index (κ1) is 27.9. The van der Waals surface area contributed by atoms with Crippen molar-refractivity contribution in [2.75, 3.05) is 16.2 Å². The molecule has 0 aliphatic carbocycles. The number of aryl methyl sites for hydroxylation is 1. The number of sulfonamides is 1. The molecule has 0 aliphatic rings. The molecule has 198 valence electrons. The van der Waals surface area contributed by atoms with E-state index in [1.165, 1.54) is 18.2 Å². The standard InChI is InChI=1S/C25H27F3N4O4S/c1-16(2)32(15-7-12-23(33)34)21-10-6-11-22(30-21)37(35,36)31-20-14-13-19(25(26,27)28)24(29-20)18-9-5-4-8-17(18)3/h4-6,8-11,13-14,16H,7,12,15H2,1-3H3,(H,29,31)(H,33,34). The molecule has 0 unspecified atom stereocenters. The number of halogens is 3. The van der Waals surface area contributed by atoms with Gasteiger partial charge in [0.05, 0.1) is 11.3 Å². The van der Waals surface area contributed by atoms with E-state index < -0.39 is 33.4 Å². The zero-order valence-electron chi connectivity index (χ0n) is 20.5. The molecule has 3 aromatic rings. The Labute approximate surface area is 213 Å². The van der Waals surface area contributed by atoms with Crippen LogP contribution in [0.4, 0.5) is 24.8 Å². The third-order valence-corrected chi connectivity index (χ3v) is 6.79. The van der Waals surface area contributed by atoms with Crippen molar-refractivity contribution in [3.05, 3.63) is 65.7 Å². The number of aliphatic carboxylic acids is 1. The minimum absolute atomic E-state index is 0.0500. The van der Waals surface area contributed by atoms with Crippen LogP contribution in [0.3, 0.4) is 0 Å². The predicted molar refractivity (Wildman–Crippen MR) is 134 cm³/mol. The minimum Gasteiger partial charge on any atom is -0.481 e. The lowest BCUT2D eigenvalue weighted by Crippen LogP contribution is -2.33. The van der Waals surface area contributed by atoms with Gasteiger partial charge < -0.3 is 10.0 Å². The summed E-state index contributed by atoms with van der Waals surface area (Å²) >= 11 is 0. The number of anilines is 2. The van der Waals surface area contributed by atoms with Gasteiger partial charge in [-0.2, -0.15) is 21.6 Å². The molecule has 2 aromatic heterocycles. The number of nitrogens with one attached hydrogen (secondary N) is 1. The van der Waals surface area contributed by atoms with Crippen LogP contribution < -0.4 is 9.62 Å². The maximum absolute atomic E-state index is 13.7. The van der Waals surface area contributed by atoms with Crippen molar-refractivity contribution >= 4 is 27.6 Å². The zero-order valence-corrected chi connectivity index (χ0v) is 21.3. The molecule has 0 radical (unpaired) electrons. The molecule has 1 aromatic carbocycles. The van der Waals surface area contributed by atoms with Gasteiger partial charge in [0, 0.05) is 24.6 Å². The van der Waals surface area contributed by atoms with E-state index in [0.29, 0.717) is 24.3 Å². The van der Waals surface area contributed by atoms with Crippen LogP contribution in [0.5, 0.6) is 0 Å². The molecule has 2 heterocycles. The van der Waals surface area contributed by atoms with Gasteiger partial charge in [-0.1, -0.05) is 30.3 Å². The van der Waals surface area contributed by atoms with Gasteiger partial charge in [-0.25, -0.2) is 9.97 Å². The summed E-state index contributed by atoms with van der Waals surface area (Å²) in [6.07, 6.45) is -4.41. The van der Waals surface area contributed by atoms with Gasteiger partial charge in [-0.05, 0) is 57.0 Å². The lowest BCUT2D eigenvalue weighted by atomic mass is 10.0. The first-order valence-electron chi connectivity index (χ1n) is 11.4. The molecular formula is C25H27F3N4O4S. The number of carboxylic acid groups (broad SMARTS) is 1. The highest BCUT2D eigenvalue weighted by atomic mass is 32.2. The van der Waals surface area contributed by atoms with Crippen molar-refractivity contribution in [3.63, 3.8) is 0 Å². The summed E-state index contributed by atoms with van der Waals surface area (Å²) in [5, 5.41) is 8.55. The highest BCUT2D eigenvalue weighted by Gasteiger charge is 2.35. The molecule has 0 saturated carbocycles. The van der Waals surface area contributed by atoms with E-state index in [2.05, 4.69) is 14.7 Å². The number of pyridine rings is 2. The molecule has 0 spiro atoms. The summed E-state index contributed by atoms with van der Waals surface area (Å²) in [6, 6.07) is 12.4. The molecule has 37 heavy (non-hydrogen) atoms. The van der Waals surface area contributed by atoms with Crippen LogP contribution in [0.1, 0.15) is 37.8 Å². The molecule has 0 atom stereocenters. The summed E-state index contributed by atoms with van der Waals surface area (Å²) < 4.78 is 69.5. The maximum atomic E-state index is 13.7. The molecule has 8 nitrogen and oxygen atoms in total. The number of aromatic nitrogens is 2. The molecule has 12 heteroatoms. The van der Waals surface area contributed by atoms with Crippen molar-refractivity contribution < 1.29 is 31.5 Å². The Morgan fingerprint density at radius 1 is 1.05 bits per heavy atom. The number of carboxylic acids is 1. The van der Waals surface area contributed by atoms with Gasteiger partial charge in [-0.15, -0.1) is 0 Å². The number of nitrogens with zero attached hydrogens (tertiary/aromatic N) is 3. The van der Waals surface area contributed by atoms with Crippen LogP contribution in [0.2, 0.25) is 0 Å². The first-order valence-corrected chi connectivity index (χ1v) is 12.9. The molecule has 3 rings (SSSR count). The van der Waals surface area contributed by atoms with Crippen LogP contribution in [-0.4, -0.2) is 42.0 Å². The predicted octanol–water partition coefficient (Wildman–Crippen LogP) is 5.35. The lowest BCUT2D eigenvalue weighted by Gasteiger charge is -2.28. The summed E-state index contributed by atoms with van der Waals surface area (Å²) in [6.45, 7) is 5.71. The second kappa shape index (κ2) is 11.2. The zero-order chi connectivity index (χ0) is 27.4. The monoisotopic (exact) mass is 536 g/mol. The fraction of sp³-hybridized carbons (Fsp3) is 0.320. The Bertz CT molecular complexity index is 1380. The number of hydrogen-bond acceptors (Lipinski definition) is 6. The van der Waals surface area contributed by atoms with Crippen LogP contribution in [0.25, 0.3) is 11.3 Å². The third kappa shape index (κ3) is 6.97. The Morgan fingerprint density at radius 3 is 2.38 bits per heavy atom. The van der Waals surface area contributed by atoms with E-state index >= 15 is 0 Å². The highest BCUT2D eigenvalue weighted by molar-refractivity contribution is 7.92. The van der Waals surface area contributed by atoms with Gasteiger partial charge in [0.2, 0.25) is 0 Å². The summed E-state index contributed by atoms with van der Waals surface area (Å²) in [4.78, 5) is 20.9. The number of carbonyl (C=O) groups is 1. The van der Waals surface area contributed by atoms with Crippen LogP contribution in [0.15, 0.2) is 59.6 Å². The van der Waals surface area contributed by atoms with Gasteiger partial charge in [0.25, 0.3) is 10.0 Å². The van der Waals surface area contributed by atoms with E-state index in [-0.39, 0.29) is 28.9 Å². The smallest absolute Gasteiger partial charge is 0.418 e. The average Bonchev–Trinajstić information content (AvgIpc) is 2.81. The number of benzene rings is 1. The molecular weight excluding hydrogens is 509 g/mol. The third-order valence-electron chi connectivity index (χ3n) is 5.53. The second-order valence-electron chi connectivity index (χ2n) is 8.63. The lowest BCUT2D eigenvalue weighted by molar-refractivity contribution is -0.138. The minimum atomic E-state index is -4.70. The normalized spacial score (nSPS) is 12.0. The fourth-order valence-corrected chi connectivity index (χ4v) is 4.70. The Morgan fingerprint density at radius 2 is 1.76 bits per heavy atom. The number of alkyl halides is 3. The van der Waals surface area contributed by atoms with E-state index in [1.807, 2.05) is 13.8 Å². The van der Waals surface area contributed by atoms with Crippen LogP contribution in [0, 0.1) is 6.92 Å². The van der Waals surface area contributed by atoms with Gasteiger partial charge in [0.1, 0.15) is 11.6 Å². The van der Waals surface area contributed by atoms with Crippen molar-refractivity contribution in [2.45, 2.75) is 50.9 Å². The Kier molecular flexibility index (Phi) is 8.42. The molecule has 2 N–H and O–H groups in total. The molecule has 0 saturated heterocycles. The largest absolute Gasteiger partial charge is 0.481 e. The van der Waals surface area contributed by atoms with E-state index in [1.54, 1.807) is 36.1 Å². The van der Waals surface area contributed by atoms with Crippen molar-refractivity contribution in [1.29, 1.82) is 0 Å². The quantitative estimate of drug-likeness (QED) is 0.359. The average molecular weight is 537 g/mol. The van der Waals surface area contributed by atoms with Gasteiger partial charge in [-0.3, -0.25) is 9.52 Å². The first-order chi connectivity index (χ1) is 17.3. The Hall–Kier alpha value is -3.67. The summed E-state index contributed by atoms with van der Waals surface area (Å²) in [5.74, 6) is -0.906. The van der Waals surface area contributed by atoms with E-state index in [0.717, 1.165) is 12.1 Å². The number of rotatable bonds is 10. The van der Waals surface area contributed by atoms with Crippen LogP contribution in [-0.2, 0) is 21.0 Å². The highest BCUT2D eigenvalue weighted by Crippen LogP contribution is 2.38. The van der Waals surface area contributed by atoms with Crippen LogP contribution >= 0.6 is 0 Å². The SMILES string of the molecule is Cc1ccccc1-c1nc(NS(=O)(=O)c2cccc(N(CCCC(=O)O)C(C)C)n2)ccc1C(F)(F)F. The molecule has 0 fully saturated rings. The van der Waals surface area contributed by atoms with E-state index in [9.17, 15) is 26.4 Å². The van der Waals surface area contributed by atoms with Crippen molar-refractivity contribution in [2.24, 2.45) is 0 Å². The molecule has 0 bridgehead atoms. The molecule has 0 aliphatic heterocycles. The van der Waals surface area contributed by atoms with Crippen molar-refractivity contribution in [3.8, 4) is 11.3 Å². The topological polar surface area (TPSA) is 112 Å². The molecule has 0 amide bonds. The van der Waals surface area contributed by atoms with E-state index in [4.69, 9.17) is 5.11 Å². The second-order valence-corrected chi connectivity index (χ2v) is 10.3. The maximum Gasteiger partial charge on any atom is 0.418 e. The number of hydrogen-bond donors (Lipinski definition) is 2.